The Morgan fingerprint density at radius 2 is 2.27 bits per heavy atom. The maximum atomic E-state index is 12.6. The van der Waals surface area contributed by atoms with E-state index in [1.807, 2.05) is 12.1 Å². The first-order valence-electron chi connectivity index (χ1n) is 7.84. The number of carboxylic acid groups (broad SMARTS) is 1. The molecule has 1 aromatic carbocycles. The third-order valence-corrected chi connectivity index (χ3v) is 4.63. The molecule has 0 radical (unpaired) electrons. The predicted octanol–water partition coefficient (Wildman–Crippen LogP) is 2.10. The van der Waals surface area contributed by atoms with Crippen molar-refractivity contribution in [3.05, 3.63) is 51.5 Å². The van der Waals surface area contributed by atoms with E-state index in [1.54, 1.807) is 28.6 Å². The summed E-state index contributed by atoms with van der Waals surface area (Å²) in [5.41, 5.74) is 2.03. The second-order valence-corrected chi connectivity index (χ2v) is 6.56. The molecule has 0 atom stereocenters. The Balaban J connectivity index is 1.72. The number of aromatic nitrogens is 1. The van der Waals surface area contributed by atoms with E-state index in [-0.39, 0.29) is 11.5 Å². The smallest absolute Gasteiger partial charge is 0.341 e. The Bertz CT molecular complexity index is 900. The van der Waals surface area contributed by atoms with Gasteiger partial charge in [0.25, 0.3) is 5.91 Å². The number of amides is 1. The molecule has 1 aliphatic rings. The molecule has 7 nitrogen and oxygen atoms in total. The minimum atomic E-state index is -1.03. The highest BCUT2D eigenvalue weighted by molar-refractivity contribution is 7.10. The standard InChI is InChI=1S/C18H15N3O4S/c19-9-14(8-16-20-4-6-26-16)18(24)21-5-3-12-7-15(25-11-17(22)23)2-1-13(12)10-21/h1-2,4,6-8H,3,5,10-11H2,(H,22,23)/b14-8+. The number of aliphatic carboxylic acids is 1. The van der Waals surface area contributed by atoms with Crippen LogP contribution in [0.25, 0.3) is 6.08 Å². The van der Waals surface area contributed by atoms with E-state index in [0.717, 1.165) is 11.1 Å². The van der Waals surface area contributed by atoms with Gasteiger partial charge in [-0.15, -0.1) is 11.3 Å². The monoisotopic (exact) mass is 369 g/mol. The quantitative estimate of drug-likeness (QED) is 0.639. The average Bonchev–Trinajstić information content (AvgIpc) is 3.16. The molecule has 1 amide bonds. The fourth-order valence-electron chi connectivity index (χ4n) is 2.68. The van der Waals surface area contributed by atoms with Crippen molar-refractivity contribution in [3.8, 4) is 11.8 Å². The Morgan fingerprint density at radius 3 is 2.96 bits per heavy atom. The third-order valence-electron chi connectivity index (χ3n) is 3.91. The van der Waals surface area contributed by atoms with E-state index in [1.165, 1.54) is 17.4 Å². The summed E-state index contributed by atoms with van der Waals surface area (Å²) < 4.78 is 5.18. The van der Waals surface area contributed by atoms with E-state index >= 15 is 0 Å². The lowest BCUT2D eigenvalue weighted by atomic mass is 9.99. The van der Waals surface area contributed by atoms with Gasteiger partial charge in [0.1, 0.15) is 22.4 Å². The van der Waals surface area contributed by atoms with Crippen LogP contribution in [-0.4, -0.2) is 40.0 Å². The number of hydrogen-bond acceptors (Lipinski definition) is 6. The second kappa shape index (κ2) is 7.80. The first kappa shape index (κ1) is 17.6. The normalized spacial score (nSPS) is 13.7. The van der Waals surface area contributed by atoms with Crippen LogP contribution in [0.4, 0.5) is 0 Å². The zero-order valence-electron chi connectivity index (χ0n) is 13.7. The summed E-state index contributed by atoms with van der Waals surface area (Å²) in [6.45, 7) is 0.478. The van der Waals surface area contributed by atoms with Crippen molar-refractivity contribution < 1.29 is 19.4 Å². The molecule has 3 rings (SSSR count). The first-order valence-corrected chi connectivity index (χ1v) is 8.71. The summed E-state index contributed by atoms with van der Waals surface area (Å²) in [4.78, 5) is 28.9. The average molecular weight is 369 g/mol. The van der Waals surface area contributed by atoms with Gasteiger partial charge in [-0.1, -0.05) is 6.07 Å². The molecule has 0 aliphatic carbocycles. The molecule has 26 heavy (non-hydrogen) atoms. The van der Waals surface area contributed by atoms with Crippen LogP contribution < -0.4 is 4.74 Å². The maximum absolute atomic E-state index is 12.6. The van der Waals surface area contributed by atoms with Crippen LogP contribution in [-0.2, 0) is 22.6 Å². The number of thiazole rings is 1. The van der Waals surface area contributed by atoms with E-state index in [4.69, 9.17) is 9.84 Å². The van der Waals surface area contributed by atoms with Gasteiger partial charge in [-0.3, -0.25) is 4.79 Å². The zero-order chi connectivity index (χ0) is 18.5. The van der Waals surface area contributed by atoms with Crippen LogP contribution in [0.3, 0.4) is 0 Å². The van der Waals surface area contributed by atoms with Gasteiger partial charge in [0, 0.05) is 24.7 Å². The molecule has 8 heteroatoms. The van der Waals surface area contributed by atoms with E-state index in [2.05, 4.69) is 4.98 Å². The van der Waals surface area contributed by atoms with Gasteiger partial charge < -0.3 is 14.7 Å². The fourth-order valence-corrected chi connectivity index (χ4v) is 3.25. The molecule has 0 fully saturated rings. The number of ether oxygens (including phenoxy) is 1. The lowest BCUT2D eigenvalue weighted by molar-refractivity contribution is -0.139. The summed E-state index contributed by atoms with van der Waals surface area (Å²) in [6.07, 6.45) is 3.74. The Morgan fingerprint density at radius 1 is 1.42 bits per heavy atom. The molecular weight excluding hydrogens is 354 g/mol. The third kappa shape index (κ3) is 4.07. The number of nitrogens with zero attached hydrogens (tertiary/aromatic N) is 3. The number of benzene rings is 1. The summed E-state index contributed by atoms with van der Waals surface area (Å²) >= 11 is 1.36. The van der Waals surface area contributed by atoms with Crippen LogP contribution >= 0.6 is 11.3 Å². The number of hydrogen-bond donors (Lipinski definition) is 1. The molecular formula is C18H15N3O4S. The summed E-state index contributed by atoms with van der Waals surface area (Å²) in [7, 11) is 0. The van der Waals surface area contributed by atoms with Crippen molar-refractivity contribution in [1.29, 1.82) is 5.26 Å². The lowest BCUT2D eigenvalue weighted by Gasteiger charge is -2.29. The number of rotatable bonds is 5. The molecule has 2 heterocycles. The molecule has 1 N–H and O–H groups in total. The van der Waals surface area contributed by atoms with Gasteiger partial charge >= 0.3 is 5.97 Å². The molecule has 1 aliphatic heterocycles. The maximum Gasteiger partial charge on any atom is 0.341 e. The highest BCUT2D eigenvalue weighted by atomic mass is 32.1. The molecule has 132 valence electrons. The number of fused-ring (bicyclic) bond motifs is 1. The fraction of sp³-hybridized carbons (Fsp3) is 0.222. The van der Waals surface area contributed by atoms with Crippen molar-refractivity contribution in [1.82, 2.24) is 9.88 Å². The van der Waals surface area contributed by atoms with Gasteiger partial charge in [-0.25, -0.2) is 9.78 Å². The van der Waals surface area contributed by atoms with Crippen molar-refractivity contribution in [2.75, 3.05) is 13.2 Å². The van der Waals surface area contributed by atoms with Crippen molar-refractivity contribution >= 4 is 29.3 Å². The summed E-state index contributed by atoms with van der Waals surface area (Å²) in [5.74, 6) is -0.859. The SMILES string of the molecule is N#C/C(=C\c1nccs1)C(=O)N1CCc2cc(OCC(=O)O)ccc2C1. The number of carbonyl (C=O) groups excluding carboxylic acids is 1. The first-order chi connectivity index (χ1) is 12.6. The molecule has 2 aromatic rings. The van der Waals surface area contributed by atoms with Gasteiger partial charge in [-0.05, 0) is 35.8 Å². The predicted molar refractivity (Wildman–Crippen MR) is 94.4 cm³/mol. The Kier molecular flexibility index (Phi) is 5.29. The van der Waals surface area contributed by atoms with Gasteiger partial charge in [0.05, 0.1) is 0 Å². The minimum absolute atomic E-state index is 0.0600. The molecule has 1 aromatic heterocycles. The minimum Gasteiger partial charge on any atom is -0.482 e. The van der Waals surface area contributed by atoms with Crippen LogP contribution in [0, 0.1) is 11.3 Å². The van der Waals surface area contributed by atoms with Crippen LogP contribution in [0.1, 0.15) is 16.1 Å². The zero-order valence-corrected chi connectivity index (χ0v) is 14.5. The van der Waals surface area contributed by atoms with Crippen molar-refractivity contribution in [2.24, 2.45) is 0 Å². The molecule has 0 unspecified atom stereocenters. The van der Waals surface area contributed by atoms with Crippen molar-refractivity contribution in [3.63, 3.8) is 0 Å². The van der Waals surface area contributed by atoms with Crippen LogP contribution in [0.15, 0.2) is 35.3 Å². The van der Waals surface area contributed by atoms with E-state index in [9.17, 15) is 14.9 Å². The van der Waals surface area contributed by atoms with Gasteiger partial charge in [0.2, 0.25) is 0 Å². The second-order valence-electron chi connectivity index (χ2n) is 5.63. The van der Waals surface area contributed by atoms with E-state index < -0.39 is 12.6 Å². The summed E-state index contributed by atoms with van der Waals surface area (Å²) in [5, 5.41) is 20.4. The summed E-state index contributed by atoms with van der Waals surface area (Å²) in [6, 6.07) is 7.27. The topological polar surface area (TPSA) is 104 Å². The number of nitriles is 1. The lowest BCUT2D eigenvalue weighted by Crippen LogP contribution is -2.36. The van der Waals surface area contributed by atoms with Crippen LogP contribution in [0.5, 0.6) is 5.75 Å². The Labute approximate surface area is 153 Å². The molecule has 0 saturated heterocycles. The Hall–Kier alpha value is -3.18. The highest BCUT2D eigenvalue weighted by Crippen LogP contribution is 2.25. The number of carbonyl (C=O) groups is 2. The van der Waals surface area contributed by atoms with Crippen molar-refractivity contribution in [2.45, 2.75) is 13.0 Å². The molecule has 0 saturated carbocycles. The van der Waals surface area contributed by atoms with Crippen LogP contribution in [0.2, 0.25) is 0 Å². The molecule has 0 spiro atoms. The van der Waals surface area contributed by atoms with Gasteiger partial charge in [0.15, 0.2) is 6.61 Å². The number of carboxylic acids is 1. The largest absolute Gasteiger partial charge is 0.482 e. The van der Waals surface area contributed by atoms with E-state index in [0.29, 0.717) is 30.3 Å². The molecule has 0 bridgehead atoms. The highest BCUT2D eigenvalue weighted by Gasteiger charge is 2.24. The van der Waals surface area contributed by atoms with Gasteiger partial charge in [-0.2, -0.15) is 5.26 Å².